The first-order valence-electron chi connectivity index (χ1n) is 11.3. The molecule has 1 saturated heterocycles. The molecule has 1 unspecified atom stereocenters. The first-order chi connectivity index (χ1) is 18.2. The van der Waals surface area contributed by atoms with Crippen molar-refractivity contribution in [1.82, 2.24) is 25.5 Å². The summed E-state index contributed by atoms with van der Waals surface area (Å²) in [5.74, 6) is -1.21. The lowest BCUT2D eigenvalue weighted by molar-refractivity contribution is -0.689. The highest BCUT2D eigenvalue weighted by molar-refractivity contribution is 8.00. The van der Waals surface area contributed by atoms with Crippen molar-refractivity contribution in [2.24, 2.45) is 5.73 Å². The van der Waals surface area contributed by atoms with Crippen LogP contribution in [0.4, 0.5) is 10.7 Å². The summed E-state index contributed by atoms with van der Waals surface area (Å²) in [5, 5.41) is 13.4. The van der Waals surface area contributed by atoms with Crippen LogP contribution in [0.2, 0.25) is 0 Å². The van der Waals surface area contributed by atoms with Crippen molar-refractivity contribution in [1.29, 1.82) is 0 Å². The molecular weight excluding hydrogens is 516 g/mol. The molecule has 8 N–H and O–H groups in total. The molecule has 3 amide bonds. The van der Waals surface area contributed by atoms with Crippen molar-refractivity contribution < 1.29 is 33.6 Å². The molecule has 0 aliphatic carbocycles. The van der Waals surface area contributed by atoms with E-state index >= 15 is 0 Å². The molecular formula is C23H23N8O6S+. The Kier molecular flexibility index (Phi) is 6.38. The molecule has 15 heteroatoms. The minimum absolute atomic E-state index is 0.161. The van der Waals surface area contributed by atoms with E-state index in [9.17, 15) is 24.3 Å². The van der Waals surface area contributed by atoms with Gasteiger partial charge in [-0.25, -0.2) is 14.3 Å². The molecule has 2 aromatic heterocycles. The molecule has 0 saturated carbocycles. The SMILES string of the molecule is Nc1nc2cc(C(N)C(=O)N[C@]3(NC=O)C(=O)N4C(OC(=O)O)=C(C[n+]5ccccc5)CS[C@H]43)ccc2[nH]1. The van der Waals surface area contributed by atoms with Crippen LogP contribution in [0, 0.1) is 0 Å². The Bertz CT molecular complexity index is 1480. The lowest BCUT2D eigenvalue weighted by Crippen LogP contribution is -2.85. The third-order valence-corrected chi connectivity index (χ3v) is 7.60. The second kappa shape index (κ2) is 9.68. The number of pyridine rings is 1. The van der Waals surface area contributed by atoms with Gasteiger partial charge in [0, 0.05) is 17.9 Å². The van der Waals surface area contributed by atoms with Crippen LogP contribution in [-0.4, -0.2) is 61.1 Å². The first-order valence-corrected chi connectivity index (χ1v) is 12.3. The highest BCUT2D eigenvalue weighted by Gasteiger charge is 2.66. The Hall–Kier alpha value is -4.63. The van der Waals surface area contributed by atoms with E-state index in [2.05, 4.69) is 20.6 Å². The van der Waals surface area contributed by atoms with Crippen LogP contribution >= 0.6 is 11.8 Å². The van der Waals surface area contributed by atoms with Gasteiger partial charge in [-0.15, -0.1) is 11.8 Å². The maximum Gasteiger partial charge on any atom is 0.512 e. The molecule has 5 rings (SSSR count). The summed E-state index contributed by atoms with van der Waals surface area (Å²) in [4.78, 5) is 57.8. The number of β-lactam (4-membered cyclic amide) rings is 1. The number of nitrogens with zero attached hydrogens (tertiary/aromatic N) is 3. The normalized spacial score (nSPS) is 21.3. The maximum absolute atomic E-state index is 13.5. The van der Waals surface area contributed by atoms with E-state index < -0.39 is 35.0 Å². The lowest BCUT2D eigenvalue weighted by atomic mass is 9.95. The fourth-order valence-electron chi connectivity index (χ4n) is 4.45. The van der Waals surface area contributed by atoms with Crippen molar-refractivity contribution in [3.8, 4) is 0 Å². The number of H-pyrrole nitrogens is 1. The molecule has 0 spiro atoms. The van der Waals surface area contributed by atoms with E-state index in [0.29, 0.717) is 22.2 Å². The molecule has 2 aliphatic heterocycles. The standard InChI is InChI=1S/C23H22N8O6S/c24-16(12-4-5-14-15(8-12)28-21(25)27-14)17(33)29-23(26-11-32)19(34)31-18(37-22(35)36)13(10-38-20(23)31)9-30-6-2-1-3-7-30/h1-8,11,16,20H,9-10,24H2,(H5-,25,26,27,28,29,32,33,35,36)/p+1/t16?,20-,23+/m0/s1. The minimum atomic E-state index is -1.86. The first kappa shape index (κ1) is 25.0. The largest absolute Gasteiger partial charge is 0.512 e. The molecule has 38 heavy (non-hydrogen) atoms. The number of aromatic amines is 1. The predicted molar refractivity (Wildman–Crippen MR) is 133 cm³/mol. The van der Waals surface area contributed by atoms with Gasteiger partial charge in [0.1, 0.15) is 11.4 Å². The Labute approximate surface area is 219 Å². The number of hydrogen-bond donors (Lipinski definition) is 6. The van der Waals surface area contributed by atoms with Gasteiger partial charge in [0.05, 0.1) is 16.6 Å². The van der Waals surface area contributed by atoms with Crippen LogP contribution < -0.4 is 26.7 Å². The zero-order valence-electron chi connectivity index (χ0n) is 19.7. The number of fused-ring (bicyclic) bond motifs is 2. The number of thioether (sulfide) groups is 1. The second-order valence-electron chi connectivity index (χ2n) is 8.60. The Balaban J connectivity index is 1.41. The average molecular weight is 540 g/mol. The highest BCUT2D eigenvalue weighted by atomic mass is 32.2. The second-order valence-corrected chi connectivity index (χ2v) is 9.67. The van der Waals surface area contributed by atoms with Gasteiger partial charge >= 0.3 is 6.16 Å². The number of aromatic nitrogens is 3. The number of nitrogen functional groups attached to an aromatic ring is 1. The number of rotatable bonds is 8. The molecule has 4 heterocycles. The Morgan fingerprint density at radius 2 is 2.13 bits per heavy atom. The van der Waals surface area contributed by atoms with Crippen LogP contribution in [0.1, 0.15) is 11.6 Å². The van der Waals surface area contributed by atoms with Crippen molar-refractivity contribution >= 4 is 53.1 Å². The summed E-state index contributed by atoms with van der Waals surface area (Å²) in [5.41, 5.74) is 12.1. The van der Waals surface area contributed by atoms with Crippen molar-refractivity contribution in [3.63, 3.8) is 0 Å². The Morgan fingerprint density at radius 3 is 2.84 bits per heavy atom. The molecule has 3 atom stereocenters. The van der Waals surface area contributed by atoms with Gasteiger partial charge in [-0.3, -0.25) is 19.3 Å². The molecule has 0 radical (unpaired) electrons. The number of carboxylic acid groups (broad SMARTS) is 1. The molecule has 196 valence electrons. The summed E-state index contributed by atoms with van der Waals surface area (Å²) in [7, 11) is 0. The summed E-state index contributed by atoms with van der Waals surface area (Å²) < 4.78 is 6.82. The van der Waals surface area contributed by atoms with Gasteiger partial charge < -0.3 is 36.9 Å². The molecule has 1 fully saturated rings. The van der Waals surface area contributed by atoms with E-state index in [1.165, 1.54) is 11.8 Å². The zero-order chi connectivity index (χ0) is 27.0. The number of imidazole rings is 1. The number of hydrogen-bond acceptors (Lipinski definition) is 9. The number of nitrogens with two attached hydrogens (primary N) is 2. The fraction of sp³-hybridized carbons (Fsp3) is 0.217. The lowest BCUT2D eigenvalue weighted by Gasteiger charge is -2.56. The molecule has 3 aromatic rings. The zero-order valence-corrected chi connectivity index (χ0v) is 20.5. The molecule has 14 nitrogen and oxygen atoms in total. The summed E-state index contributed by atoms with van der Waals surface area (Å²) >= 11 is 1.23. The summed E-state index contributed by atoms with van der Waals surface area (Å²) in [6.07, 6.45) is 2.26. The van der Waals surface area contributed by atoms with Crippen LogP contribution in [0.25, 0.3) is 11.0 Å². The van der Waals surface area contributed by atoms with Crippen LogP contribution in [0.3, 0.4) is 0 Å². The number of benzene rings is 1. The van der Waals surface area contributed by atoms with E-state index in [1.54, 1.807) is 35.2 Å². The van der Waals surface area contributed by atoms with Gasteiger partial charge in [0.15, 0.2) is 24.9 Å². The van der Waals surface area contributed by atoms with Gasteiger partial charge in [0.2, 0.25) is 23.9 Å². The predicted octanol–water partition coefficient (Wildman–Crippen LogP) is -0.488. The number of carbonyl (C=O) groups excluding carboxylic acids is 3. The number of anilines is 1. The third kappa shape index (κ3) is 4.26. The quantitative estimate of drug-likeness (QED) is 0.0711. The summed E-state index contributed by atoms with van der Waals surface area (Å²) in [6, 6.07) is 9.10. The van der Waals surface area contributed by atoms with Gasteiger partial charge in [-0.1, -0.05) is 12.1 Å². The summed E-state index contributed by atoms with van der Waals surface area (Å²) in [6.45, 7) is 0.262. The maximum atomic E-state index is 13.5. The highest BCUT2D eigenvalue weighted by Crippen LogP contribution is 2.45. The molecule has 1 aromatic carbocycles. The number of nitrogens with one attached hydrogen (secondary N) is 3. The van der Waals surface area contributed by atoms with Crippen molar-refractivity contribution in [2.75, 3.05) is 11.5 Å². The van der Waals surface area contributed by atoms with E-state index in [-0.39, 0.29) is 30.5 Å². The van der Waals surface area contributed by atoms with Crippen LogP contribution in [0.5, 0.6) is 0 Å². The van der Waals surface area contributed by atoms with Crippen molar-refractivity contribution in [3.05, 3.63) is 65.8 Å². The van der Waals surface area contributed by atoms with Crippen LogP contribution in [0.15, 0.2) is 60.2 Å². The van der Waals surface area contributed by atoms with Crippen molar-refractivity contribution in [2.45, 2.75) is 23.6 Å². The minimum Gasteiger partial charge on any atom is -0.449 e. The number of amides is 3. The van der Waals surface area contributed by atoms with E-state index in [0.717, 1.165) is 4.90 Å². The monoisotopic (exact) mass is 539 g/mol. The van der Waals surface area contributed by atoms with E-state index in [4.69, 9.17) is 16.2 Å². The number of carbonyl (C=O) groups is 4. The average Bonchev–Trinajstić information content (AvgIpc) is 3.28. The van der Waals surface area contributed by atoms with Gasteiger partial charge in [-0.2, -0.15) is 0 Å². The van der Waals surface area contributed by atoms with Gasteiger partial charge in [0.25, 0.3) is 5.91 Å². The number of ether oxygens (including phenoxy) is 1. The Morgan fingerprint density at radius 1 is 1.37 bits per heavy atom. The smallest absolute Gasteiger partial charge is 0.449 e. The third-order valence-electron chi connectivity index (χ3n) is 6.21. The fourth-order valence-corrected chi connectivity index (χ4v) is 5.85. The topological polar surface area (TPSA) is 210 Å². The molecule has 0 bridgehead atoms. The van der Waals surface area contributed by atoms with E-state index in [1.807, 2.05) is 18.2 Å². The van der Waals surface area contributed by atoms with Crippen LogP contribution in [-0.2, 0) is 25.7 Å². The molecule has 2 aliphatic rings. The van der Waals surface area contributed by atoms with Gasteiger partial charge in [-0.05, 0) is 17.7 Å².